The molecule has 0 saturated heterocycles. The van der Waals surface area contributed by atoms with E-state index in [1.807, 2.05) is 6.92 Å². The van der Waals surface area contributed by atoms with Crippen LogP contribution in [0.5, 0.6) is 0 Å². The molecule has 1 aromatic heterocycles. The maximum Gasteiger partial charge on any atom is 0.127 e. The van der Waals surface area contributed by atoms with Crippen LogP contribution in [-0.2, 0) is 15.3 Å². The van der Waals surface area contributed by atoms with Gasteiger partial charge in [0.05, 0.1) is 11.4 Å². The number of hydrogen-bond acceptors (Lipinski definition) is 7. The second kappa shape index (κ2) is 20.7. The van der Waals surface area contributed by atoms with E-state index in [-0.39, 0.29) is 0 Å². The number of unbranched alkanes of at least 4 members (excludes halogenated alkanes) is 10. The number of nitrogens with zero attached hydrogens (tertiary/aromatic N) is 2. The first kappa shape index (κ1) is 27.9. The zero-order chi connectivity index (χ0) is 22.4. The summed E-state index contributed by atoms with van der Waals surface area (Å²) in [5.74, 6) is 0.834. The summed E-state index contributed by atoms with van der Waals surface area (Å²) in [5, 5.41) is 4.01. The second-order valence-electron chi connectivity index (χ2n) is 8.27. The smallest absolute Gasteiger partial charge is 0.127 e. The van der Waals surface area contributed by atoms with Crippen molar-refractivity contribution < 1.29 is 14.1 Å². The van der Waals surface area contributed by atoms with Crippen LogP contribution in [0, 0.1) is 6.92 Å². The molecule has 178 valence electrons. The molecule has 1 rings (SSSR count). The first-order chi connectivity index (χ1) is 15.3. The minimum absolute atomic E-state index is 0.709. The average molecular weight is 454 g/mol. The molecule has 0 aliphatic rings. The van der Waals surface area contributed by atoms with Crippen molar-refractivity contribution in [3.05, 3.63) is 17.5 Å². The Balaban J connectivity index is 2.14. The Hall–Kier alpha value is -1.18. The number of carbonyl (C=O) groups excluding carboxylic acids is 2. The van der Waals surface area contributed by atoms with Crippen molar-refractivity contribution >= 4 is 24.5 Å². The SMILES string of the molecule is Cc1conc1CSNCCCN(CCCCCCCC=O)CCCCCCCC=O. The minimum Gasteiger partial charge on any atom is -0.364 e. The van der Waals surface area contributed by atoms with Gasteiger partial charge < -0.3 is 19.0 Å². The lowest BCUT2D eigenvalue weighted by molar-refractivity contribution is -0.108. The normalized spacial score (nSPS) is 11.3. The van der Waals surface area contributed by atoms with Gasteiger partial charge in [-0.05, 0) is 58.7 Å². The highest BCUT2D eigenvalue weighted by Gasteiger charge is 2.06. The van der Waals surface area contributed by atoms with E-state index in [0.29, 0.717) is 12.8 Å². The number of aromatic nitrogens is 1. The van der Waals surface area contributed by atoms with Crippen LogP contribution < -0.4 is 4.72 Å². The molecule has 0 bridgehead atoms. The topological polar surface area (TPSA) is 75.4 Å². The van der Waals surface area contributed by atoms with Gasteiger partial charge in [-0.1, -0.05) is 55.6 Å². The Kier molecular flexibility index (Phi) is 18.6. The van der Waals surface area contributed by atoms with Gasteiger partial charge in [-0.2, -0.15) is 0 Å². The molecule has 0 aliphatic carbocycles. The molecule has 1 heterocycles. The number of aldehydes is 2. The highest BCUT2D eigenvalue weighted by Crippen LogP contribution is 2.12. The van der Waals surface area contributed by atoms with Gasteiger partial charge in [0.1, 0.15) is 18.8 Å². The fourth-order valence-corrected chi connectivity index (χ4v) is 4.35. The molecule has 0 radical (unpaired) electrons. The Bertz CT molecular complexity index is 532. The molecular formula is C24H43N3O3S. The Labute approximate surface area is 193 Å². The van der Waals surface area contributed by atoms with E-state index in [9.17, 15) is 9.59 Å². The molecule has 0 amide bonds. The van der Waals surface area contributed by atoms with Crippen LogP contribution in [0.2, 0.25) is 0 Å². The predicted molar refractivity (Wildman–Crippen MR) is 129 cm³/mol. The Morgan fingerprint density at radius 2 is 1.42 bits per heavy atom. The minimum atomic E-state index is 0.709. The fourth-order valence-electron chi connectivity index (χ4n) is 3.54. The lowest BCUT2D eigenvalue weighted by Crippen LogP contribution is -2.29. The zero-order valence-corrected chi connectivity index (χ0v) is 20.3. The summed E-state index contributed by atoms with van der Waals surface area (Å²) in [5.41, 5.74) is 2.12. The second-order valence-corrected chi connectivity index (χ2v) is 9.13. The highest BCUT2D eigenvalue weighted by atomic mass is 32.2. The lowest BCUT2D eigenvalue weighted by Gasteiger charge is -2.22. The number of rotatable bonds is 23. The van der Waals surface area contributed by atoms with E-state index in [0.717, 1.165) is 61.9 Å². The molecule has 0 saturated carbocycles. The van der Waals surface area contributed by atoms with Gasteiger partial charge in [0.25, 0.3) is 0 Å². The summed E-state index contributed by atoms with van der Waals surface area (Å²) >= 11 is 1.70. The molecule has 1 N–H and O–H groups in total. The fraction of sp³-hybridized carbons (Fsp3) is 0.792. The molecule has 0 atom stereocenters. The third kappa shape index (κ3) is 16.2. The van der Waals surface area contributed by atoms with Crippen LogP contribution in [0.4, 0.5) is 0 Å². The van der Waals surface area contributed by atoms with Crippen molar-refractivity contribution in [1.82, 2.24) is 14.8 Å². The molecule has 0 aromatic carbocycles. The van der Waals surface area contributed by atoms with Crippen molar-refractivity contribution in [2.24, 2.45) is 0 Å². The lowest BCUT2D eigenvalue weighted by atomic mass is 10.1. The average Bonchev–Trinajstić information content (AvgIpc) is 3.18. The molecule has 6 nitrogen and oxygen atoms in total. The summed E-state index contributed by atoms with van der Waals surface area (Å²) in [6, 6.07) is 0. The molecule has 0 spiro atoms. The van der Waals surface area contributed by atoms with E-state index < -0.39 is 0 Å². The monoisotopic (exact) mass is 453 g/mol. The van der Waals surface area contributed by atoms with Gasteiger partial charge in [-0.3, -0.25) is 4.72 Å². The highest BCUT2D eigenvalue weighted by molar-refractivity contribution is 7.96. The van der Waals surface area contributed by atoms with Crippen LogP contribution in [0.25, 0.3) is 0 Å². The quantitative estimate of drug-likeness (QED) is 0.133. The van der Waals surface area contributed by atoms with Crippen LogP contribution in [0.1, 0.15) is 94.7 Å². The largest absolute Gasteiger partial charge is 0.364 e. The number of carbonyl (C=O) groups is 2. The number of hydrogen-bond donors (Lipinski definition) is 1. The van der Waals surface area contributed by atoms with Crippen LogP contribution in [0.3, 0.4) is 0 Å². The maximum absolute atomic E-state index is 10.4. The van der Waals surface area contributed by atoms with E-state index in [2.05, 4.69) is 14.8 Å². The number of aryl methyl sites for hydroxylation is 1. The van der Waals surface area contributed by atoms with Gasteiger partial charge in [-0.15, -0.1) is 0 Å². The maximum atomic E-state index is 10.4. The summed E-state index contributed by atoms with van der Waals surface area (Å²) in [6.07, 6.45) is 18.2. The van der Waals surface area contributed by atoms with Gasteiger partial charge in [0.2, 0.25) is 0 Å². The third-order valence-corrected chi connectivity index (χ3v) is 6.33. The molecular weight excluding hydrogens is 410 g/mol. The molecule has 1 aromatic rings. The van der Waals surface area contributed by atoms with E-state index in [1.54, 1.807) is 18.2 Å². The first-order valence-corrected chi connectivity index (χ1v) is 13.1. The third-order valence-electron chi connectivity index (χ3n) is 5.50. The van der Waals surface area contributed by atoms with Crippen LogP contribution in [-0.4, -0.2) is 48.8 Å². The molecule has 0 fully saturated rings. The van der Waals surface area contributed by atoms with Crippen molar-refractivity contribution in [3.63, 3.8) is 0 Å². The molecule has 0 unspecified atom stereocenters. The summed E-state index contributed by atoms with van der Waals surface area (Å²) in [4.78, 5) is 23.4. The van der Waals surface area contributed by atoms with Gasteiger partial charge in [0.15, 0.2) is 0 Å². The van der Waals surface area contributed by atoms with Crippen molar-refractivity contribution in [2.75, 3.05) is 26.2 Å². The van der Waals surface area contributed by atoms with E-state index in [4.69, 9.17) is 4.52 Å². The predicted octanol–water partition coefficient (Wildman–Crippen LogP) is 5.49. The van der Waals surface area contributed by atoms with Crippen LogP contribution in [0.15, 0.2) is 10.8 Å². The van der Waals surface area contributed by atoms with Gasteiger partial charge >= 0.3 is 0 Å². The molecule has 0 aliphatic heterocycles. The Morgan fingerprint density at radius 3 is 1.97 bits per heavy atom. The van der Waals surface area contributed by atoms with E-state index in [1.165, 1.54) is 64.5 Å². The first-order valence-electron chi connectivity index (χ1n) is 12.1. The number of nitrogens with one attached hydrogen (secondary N) is 1. The van der Waals surface area contributed by atoms with Crippen molar-refractivity contribution in [1.29, 1.82) is 0 Å². The summed E-state index contributed by atoms with van der Waals surface area (Å²) in [6.45, 7) is 6.49. The zero-order valence-electron chi connectivity index (χ0n) is 19.5. The van der Waals surface area contributed by atoms with Gasteiger partial charge in [-0.25, -0.2) is 0 Å². The van der Waals surface area contributed by atoms with Gasteiger partial charge in [0, 0.05) is 24.9 Å². The standard InChI is InChI=1S/C24H43N3O3S/c1-23-21-30-26-24(23)22-31-25-15-14-18-27(16-10-6-2-4-8-12-19-28)17-11-7-3-5-9-13-20-29/h19-21,25H,2-18,22H2,1H3. The van der Waals surface area contributed by atoms with Crippen LogP contribution >= 0.6 is 11.9 Å². The molecule has 31 heavy (non-hydrogen) atoms. The summed E-state index contributed by atoms with van der Waals surface area (Å²) < 4.78 is 8.42. The Morgan fingerprint density at radius 1 is 0.871 bits per heavy atom. The molecule has 7 heteroatoms. The van der Waals surface area contributed by atoms with E-state index >= 15 is 0 Å². The van der Waals surface area contributed by atoms with Crippen molar-refractivity contribution in [3.8, 4) is 0 Å². The van der Waals surface area contributed by atoms with Crippen molar-refractivity contribution in [2.45, 2.75) is 96.1 Å². The summed E-state index contributed by atoms with van der Waals surface area (Å²) in [7, 11) is 0.